The second-order valence-electron chi connectivity index (χ2n) is 4.39. The van der Waals surface area contributed by atoms with Gasteiger partial charge in [-0.3, -0.25) is 4.90 Å². The number of nitrogens with zero attached hydrogens (tertiary/aromatic N) is 2. The van der Waals surface area contributed by atoms with E-state index in [2.05, 4.69) is 15.3 Å². The SMILES string of the molecule is Cc1nc(CN(C)Cc2ccc(N)c(F)c2)cs1. The topological polar surface area (TPSA) is 42.2 Å². The number of aromatic nitrogens is 1. The van der Waals surface area contributed by atoms with Gasteiger partial charge in [0.15, 0.2) is 0 Å². The van der Waals surface area contributed by atoms with Gasteiger partial charge in [-0.15, -0.1) is 11.3 Å². The number of hydrogen-bond acceptors (Lipinski definition) is 4. The van der Waals surface area contributed by atoms with Crippen LogP contribution in [-0.2, 0) is 13.1 Å². The Morgan fingerprint density at radius 1 is 1.39 bits per heavy atom. The number of thiazole rings is 1. The van der Waals surface area contributed by atoms with Crippen LogP contribution in [0.2, 0.25) is 0 Å². The molecule has 0 fully saturated rings. The smallest absolute Gasteiger partial charge is 0.146 e. The van der Waals surface area contributed by atoms with Gasteiger partial charge >= 0.3 is 0 Å². The highest BCUT2D eigenvalue weighted by atomic mass is 32.1. The largest absolute Gasteiger partial charge is 0.396 e. The van der Waals surface area contributed by atoms with Crippen LogP contribution in [0.4, 0.5) is 10.1 Å². The Bertz CT molecular complexity index is 539. The van der Waals surface area contributed by atoms with Crippen LogP contribution >= 0.6 is 11.3 Å². The normalized spacial score (nSPS) is 11.1. The third kappa shape index (κ3) is 3.27. The third-order valence-electron chi connectivity index (χ3n) is 2.62. The first-order valence-corrected chi connectivity index (χ1v) is 6.56. The van der Waals surface area contributed by atoms with Gasteiger partial charge in [-0.05, 0) is 31.7 Å². The Kier molecular flexibility index (Phi) is 3.93. The first kappa shape index (κ1) is 13.0. The van der Waals surface area contributed by atoms with Crippen molar-refractivity contribution in [2.45, 2.75) is 20.0 Å². The molecule has 96 valence electrons. The summed E-state index contributed by atoms with van der Waals surface area (Å²) < 4.78 is 13.3. The fourth-order valence-electron chi connectivity index (χ4n) is 1.79. The molecular formula is C13H16FN3S. The standard InChI is InChI=1S/C13H16FN3S/c1-9-16-11(8-18-9)7-17(2)6-10-3-4-13(15)12(14)5-10/h3-5,8H,6-7,15H2,1-2H3. The van der Waals surface area contributed by atoms with E-state index in [1.54, 1.807) is 17.4 Å². The molecule has 5 heteroatoms. The Morgan fingerprint density at radius 3 is 2.78 bits per heavy atom. The van der Waals surface area contributed by atoms with E-state index in [1.165, 1.54) is 6.07 Å². The second-order valence-corrected chi connectivity index (χ2v) is 5.45. The van der Waals surface area contributed by atoms with E-state index in [0.29, 0.717) is 6.54 Å². The monoisotopic (exact) mass is 265 g/mol. The summed E-state index contributed by atoms with van der Waals surface area (Å²) in [6.45, 7) is 3.42. The number of aryl methyl sites for hydroxylation is 1. The summed E-state index contributed by atoms with van der Waals surface area (Å²) in [5, 5.41) is 3.12. The molecule has 2 N–H and O–H groups in total. The molecule has 1 aromatic heterocycles. The Hall–Kier alpha value is -1.46. The van der Waals surface area contributed by atoms with Crippen molar-refractivity contribution < 1.29 is 4.39 Å². The van der Waals surface area contributed by atoms with E-state index < -0.39 is 0 Å². The molecule has 0 saturated carbocycles. The fourth-order valence-corrected chi connectivity index (χ4v) is 2.40. The summed E-state index contributed by atoms with van der Waals surface area (Å²) >= 11 is 1.64. The van der Waals surface area contributed by atoms with Crippen LogP contribution < -0.4 is 5.73 Å². The van der Waals surface area contributed by atoms with Gasteiger partial charge in [0.2, 0.25) is 0 Å². The first-order chi connectivity index (χ1) is 8.54. The molecule has 0 atom stereocenters. The first-order valence-electron chi connectivity index (χ1n) is 5.68. The Balaban J connectivity index is 1.98. The van der Waals surface area contributed by atoms with Gasteiger partial charge in [0, 0.05) is 18.5 Å². The summed E-state index contributed by atoms with van der Waals surface area (Å²) in [5.74, 6) is -0.356. The minimum absolute atomic E-state index is 0.191. The van der Waals surface area contributed by atoms with E-state index in [0.717, 1.165) is 22.8 Å². The predicted molar refractivity (Wildman–Crippen MR) is 72.8 cm³/mol. The molecule has 0 unspecified atom stereocenters. The van der Waals surface area contributed by atoms with Crippen molar-refractivity contribution >= 4 is 17.0 Å². The molecule has 3 nitrogen and oxygen atoms in total. The molecule has 0 radical (unpaired) electrons. The van der Waals surface area contributed by atoms with Gasteiger partial charge in [-0.2, -0.15) is 0 Å². The van der Waals surface area contributed by atoms with Crippen molar-refractivity contribution in [2.24, 2.45) is 0 Å². The maximum atomic E-state index is 13.3. The van der Waals surface area contributed by atoms with Crippen LogP contribution in [0.1, 0.15) is 16.3 Å². The van der Waals surface area contributed by atoms with Crippen LogP contribution in [0.5, 0.6) is 0 Å². The molecule has 0 saturated heterocycles. The van der Waals surface area contributed by atoms with Crippen LogP contribution in [0.3, 0.4) is 0 Å². The predicted octanol–water partition coefficient (Wildman–Crippen LogP) is 2.80. The highest BCUT2D eigenvalue weighted by Gasteiger charge is 2.06. The molecule has 0 aliphatic carbocycles. The fraction of sp³-hybridized carbons (Fsp3) is 0.308. The zero-order valence-electron chi connectivity index (χ0n) is 10.5. The summed E-state index contributed by atoms with van der Waals surface area (Å²) in [6.07, 6.45) is 0. The lowest BCUT2D eigenvalue weighted by molar-refractivity contribution is 0.315. The van der Waals surface area contributed by atoms with Crippen molar-refractivity contribution in [3.05, 3.63) is 45.7 Å². The van der Waals surface area contributed by atoms with Gasteiger partial charge in [-0.25, -0.2) is 9.37 Å². The summed E-state index contributed by atoms with van der Waals surface area (Å²) in [5.41, 5.74) is 7.60. The van der Waals surface area contributed by atoms with E-state index in [-0.39, 0.29) is 11.5 Å². The lowest BCUT2D eigenvalue weighted by Crippen LogP contribution is -2.17. The molecular weight excluding hydrogens is 249 g/mol. The number of benzene rings is 1. The number of nitrogens with two attached hydrogens (primary N) is 1. The molecule has 0 amide bonds. The van der Waals surface area contributed by atoms with Crippen LogP contribution in [0.15, 0.2) is 23.6 Å². The third-order valence-corrected chi connectivity index (χ3v) is 3.44. The van der Waals surface area contributed by atoms with Crippen molar-refractivity contribution in [3.63, 3.8) is 0 Å². The maximum Gasteiger partial charge on any atom is 0.146 e. The lowest BCUT2D eigenvalue weighted by Gasteiger charge is -2.15. The molecule has 0 bridgehead atoms. The zero-order chi connectivity index (χ0) is 13.1. The van der Waals surface area contributed by atoms with Gasteiger partial charge in [0.1, 0.15) is 5.82 Å². The van der Waals surface area contributed by atoms with E-state index in [4.69, 9.17) is 5.73 Å². The highest BCUT2D eigenvalue weighted by molar-refractivity contribution is 7.09. The quantitative estimate of drug-likeness (QED) is 0.864. The van der Waals surface area contributed by atoms with Gasteiger partial charge < -0.3 is 5.73 Å². The number of halogens is 1. The van der Waals surface area contributed by atoms with Gasteiger partial charge in [-0.1, -0.05) is 6.07 Å². The molecule has 1 aromatic carbocycles. The summed E-state index contributed by atoms with van der Waals surface area (Å²) in [6, 6.07) is 4.94. The molecule has 2 aromatic rings. The van der Waals surface area contributed by atoms with Gasteiger partial charge in [0.05, 0.1) is 16.4 Å². The van der Waals surface area contributed by atoms with Crippen molar-refractivity contribution in [1.82, 2.24) is 9.88 Å². The van der Waals surface area contributed by atoms with Crippen LogP contribution in [-0.4, -0.2) is 16.9 Å². The average molecular weight is 265 g/mol. The zero-order valence-corrected chi connectivity index (χ0v) is 11.3. The molecule has 0 aliphatic rings. The van der Waals surface area contributed by atoms with E-state index in [1.807, 2.05) is 20.0 Å². The molecule has 18 heavy (non-hydrogen) atoms. The lowest BCUT2D eigenvalue weighted by atomic mass is 10.2. The van der Waals surface area contributed by atoms with E-state index >= 15 is 0 Å². The second kappa shape index (κ2) is 5.46. The van der Waals surface area contributed by atoms with Crippen molar-refractivity contribution in [3.8, 4) is 0 Å². The van der Waals surface area contributed by atoms with Crippen LogP contribution in [0.25, 0.3) is 0 Å². The van der Waals surface area contributed by atoms with Gasteiger partial charge in [0.25, 0.3) is 0 Å². The molecule has 0 aliphatic heterocycles. The molecule has 1 heterocycles. The number of rotatable bonds is 4. The van der Waals surface area contributed by atoms with Crippen molar-refractivity contribution in [1.29, 1.82) is 0 Å². The minimum atomic E-state index is -0.356. The van der Waals surface area contributed by atoms with Crippen LogP contribution in [0, 0.1) is 12.7 Å². The number of anilines is 1. The Morgan fingerprint density at radius 2 is 2.17 bits per heavy atom. The highest BCUT2D eigenvalue weighted by Crippen LogP contribution is 2.15. The number of hydrogen-bond donors (Lipinski definition) is 1. The number of nitrogen functional groups attached to an aromatic ring is 1. The van der Waals surface area contributed by atoms with Crippen molar-refractivity contribution in [2.75, 3.05) is 12.8 Å². The van der Waals surface area contributed by atoms with E-state index in [9.17, 15) is 4.39 Å². The molecule has 0 spiro atoms. The summed E-state index contributed by atoms with van der Waals surface area (Å²) in [7, 11) is 1.99. The molecule has 2 rings (SSSR count). The summed E-state index contributed by atoms with van der Waals surface area (Å²) in [4.78, 5) is 6.50. The Labute approximate surface area is 110 Å². The average Bonchev–Trinajstić information content (AvgIpc) is 2.69. The minimum Gasteiger partial charge on any atom is -0.396 e. The maximum absolute atomic E-state index is 13.3.